The summed E-state index contributed by atoms with van der Waals surface area (Å²) in [6.45, 7) is 3.71. The molecule has 0 N–H and O–H groups in total. The van der Waals surface area contributed by atoms with Gasteiger partial charge in [-0.05, 0) is 13.0 Å². The second-order valence-electron chi connectivity index (χ2n) is 4.56. The number of ether oxygens (including phenoxy) is 3. The summed E-state index contributed by atoms with van der Waals surface area (Å²) in [4.78, 5) is 25.5. The maximum Gasteiger partial charge on any atom is 0.341 e. The van der Waals surface area contributed by atoms with Crippen LogP contribution in [-0.2, 0) is 25.5 Å². The minimum absolute atomic E-state index is 0.266. The van der Waals surface area contributed by atoms with Gasteiger partial charge in [-0.25, -0.2) is 4.79 Å². The molecule has 1 fully saturated rings. The molecule has 1 aliphatic heterocycles. The lowest BCUT2D eigenvalue weighted by Crippen LogP contribution is -2.49. The van der Waals surface area contributed by atoms with Gasteiger partial charge in [0, 0.05) is 6.54 Å². The Kier molecular flexibility index (Phi) is 5.35. The zero-order valence-corrected chi connectivity index (χ0v) is 12.2. The van der Waals surface area contributed by atoms with E-state index < -0.39 is 12.0 Å². The molecule has 116 valence electrons. The lowest BCUT2D eigenvalue weighted by molar-refractivity contribution is -0.153. The van der Waals surface area contributed by atoms with Crippen LogP contribution in [-0.4, -0.2) is 56.4 Å². The van der Waals surface area contributed by atoms with Crippen LogP contribution >= 0.6 is 0 Å². The minimum atomic E-state index is -0.496. The smallest absolute Gasteiger partial charge is 0.341 e. The van der Waals surface area contributed by atoms with E-state index in [-0.39, 0.29) is 12.6 Å². The zero-order valence-electron chi connectivity index (χ0n) is 12.2. The van der Waals surface area contributed by atoms with Crippen LogP contribution in [0, 0.1) is 0 Å². The Morgan fingerprint density at radius 2 is 2.29 bits per heavy atom. The molecule has 0 spiro atoms. The van der Waals surface area contributed by atoms with Crippen molar-refractivity contribution in [1.82, 2.24) is 4.90 Å². The van der Waals surface area contributed by atoms with Gasteiger partial charge in [-0.15, -0.1) is 0 Å². The van der Waals surface area contributed by atoms with Gasteiger partial charge in [-0.3, -0.25) is 9.69 Å². The van der Waals surface area contributed by atoms with Crippen molar-refractivity contribution in [3.63, 3.8) is 0 Å². The number of nitrogens with zero attached hydrogens (tertiary/aromatic N) is 1. The Morgan fingerprint density at radius 1 is 1.48 bits per heavy atom. The van der Waals surface area contributed by atoms with Gasteiger partial charge in [-0.1, -0.05) is 0 Å². The maximum absolute atomic E-state index is 11.8. The van der Waals surface area contributed by atoms with Gasteiger partial charge in [-0.2, -0.15) is 0 Å². The third kappa shape index (κ3) is 3.62. The monoisotopic (exact) mass is 297 g/mol. The summed E-state index contributed by atoms with van der Waals surface area (Å²) >= 11 is 0. The van der Waals surface area contributed by atoms with Gasteiger partial charge >= 0.3 is 11.9 Å². The number of hydrogen-bond donors (Lipinski definition) is 0. The van der Waals surface area contributed by atoms with Crippen molar-refractivity contribution in [2.45, 2.75) is 19.5 Å². The summed E-state index contributed by atoms with van der Waals surface area (Å²) in [5.74, 6) is -0.313. The van der Waals surface area contributed by atoms with Crippen molar-refractivity contribution in [1.29, 1.82) is 0 Å². The van der Waals surface area contributed by atoms with Gasteiger partial charge < -0.3 is 18.6 Å². The summed E-state index contributed by atoms with van der Waals surface area (Å²) in [6, 6.07) is 1.07. The fraction of sp³-hybridized carbons (Fsp3) is 0.571. The second-order valence-corrected chi connectivity index (χ2v) is 4.56. The Morgan fingerprint density at radius 3 is 3.00 bits per heavy atom. The first kappa shape index (κ1) is 15.5. The second kappa shape index (κ2) is 7.24. The first-order chi connectivity index (χ1) is 10.2. The van der Waals surface area contributed by atoms with E-state index in [1.165, 1.54) is 13.4 Å². The van der Waals surface area contributed by atoms with Crippen molar-refractivity contribution in [2.75, 3.05) is 33.5 Å². The summed E-state index contributed by atoms with van der Waals surface area (Å²) < 4.78 is 20.4. The van der Waals surface area contributed by atoms with Gasteiger partial charge in [0.15, 0.2) is 0 Å². The molecular weight excluding hydrogens is 278 g/mol. The Labute approximate surface area is 122 Å². The van der Waals surface area contributed by atoms with Crippen molar-refractivity contribution < 1.29 is 28.2 Å². The summed E-state index contributed by atoms with van der Waals surface area (Å²) in [6.07, 6.45) is 1.44. The Balaban J connectivity index is 2.11. The fourth-order valence-corrected chi connectivity index (χ4v) is 2.22. The van der Waals surface area contributed by atoms with Crippen molar-refractivity contribution >= 4 is 11.9 Å². The molecule has 0 aliphatic carbocycles. The molecule has 21 heavy (non-hydrogen) atoms. The number of morpholine rings is 1. The van der Waals surface area contributed by atoms with Crippen LogP contribution in [0.1, 0.15) is 23.0 Å². The Hall–Kier alpha value is -1.86. The quantitative estimate of drug-likeness (QED) is 0.745. The number of furan rings is 1. The molecular formula is C14H19NO6. The molecule has 1 aromatic heterocycles. The average molecular weight is 297 g/mol. The van der Waals surface area contributed by atoms with Crippen molar-refractivity contribution in [3.05, 3.63) is 23.7 Å². The summed E-state index contributed by atoms with van der Waals surface area (Å²) in [5, 5.41) is 0. The van der Waals surface area contributed by atoms with Gasteiger partial charge in [0.1, 0.15) is 17.4 Å². The summed E-state index contributed by atoms with van der Waals surface area (Å²) in [7, 11) is 1.34. The van der Waals surface area contributed by atoms with E-state index >= 15 is 0 Å². The van der Waals surface area contributed by atoms with Crippen LogP contribution in [0.5, 0.6) is 0 Å². The van der Waals surface area contributed by atoms with E-state index in [2.05, 4.69) is 0 Å². The van der Waals surface area contributed by atoms with Crippen LogP contribution in [0.4, 0.5) is 0 Å². The average Bonchev–Trinajstić information content (AvgIpc) is 2.95. The standard InChI is InChI=1S/C14H19NO6/c1-3-20-13(16)10-4-6-21-12(10)8-15-5-7-19-9-11(15)14(17)18-2/h4,6,11H,3,5,7-9H2,1-2H3. The SMILES string of the molecule is CCOC(=O)c1ccoc1CN1CCOCC1C(=O)OC. The highest BCUT2D eigenvalue weighted by Gasteiger charge is 2.32. The van der Waals surface area contributed by atoms with Crippen molar-refractivity contribution in [2.24, 2.45) is 0 Å². The van der Waals surface area contributed by atoms with Crippen LogP contribution in [0.2, 0.25) is 0 Å². The highest BCUT2D eigenvalue weighted by molar-refractivity contribution is 5.90. The van der Waals surface area contributed by atoms with E-state index in [1.54, 1.807) is 13.0 Å². The van der Waals surface area contributed by atoms with Crippen molar-refractivity contribution in [3.8, 4) is 0 Å². The van der Waals surface area contributed by atoms with E-state index in [4.69, 9.17) is 18.6 Å². The lowest BCUT2D eigenvalue weighted by atomic mass is 10.2. The highest BCUT2D eigenvalue weighted by Crippen LogP contribution is 2.18. The molecule has 0 saturated carbocycles. The lowest BCUT2D eigenvalue weighted by Gasteiger charge is -2.32. The molecule has 1 aromatic rings. The predicted octanol–water partition coefficient (Wildman–Crippen LogP) is 0.830. The number of carbonyl (C=O) groups excluding carboxylic acids is 2. The van der Waals surface area contributed by atoms with E-state index in [1.807, 2.05) is 4.90 Å². The molecule has 0 bridgehead atoms. The molecule has 2 heterocycles. The highest BCUT2D eigenvalue weighted by atomic mass is 16.5. The zero-order chi connectivity index (χ0) is 15.2. The van der Waals surface area contributed by atoms with Crippen LogP contribution in [0.15, 0.2) is 16.7 Å². The number of esters is 2. The van der Waals surface area contributed by atoms with Crippen LogP contribution < -0.4 is 0 Å². The number of methoxy groups -OCH3 is 1. The van der Waals surface area contributed by atoms with Crippen LogP contribution in [0.3, 0.4) is 0 Å². The third-order valence-electron chi connectivity index (χ3n) is 3.30. The molecule has 1 aliphatic rings. The molecule has 1 saturated heterocycles. The molecule has 1 atom stereocenters. The largest absolute Gasteiger partial charge is 0.468 e. The molecule has 7 heteroatoms. The van der Waals surface area contributed by atoms with E-state index in [0.717, 1.165) is 0 Å². The first-order valence-electron chi connectivity index (χ1n) is 6.80. The molecule has 0 amide bonds. The molecule has 0 aromatic carbocycles. The molecule has 7 nitrogen and oxygen atoms in total. The number of hydrogen-bond acceptors (Lipinski definition) is 7. The van der Waals surface area contributed by atoms with Gasteiger partial charge in [0.2, 0.25) is 0 Å². The molecule has 0 radical (unpaired) electrons. The normalized spacial score (nSPS) is 19.2. The minimum Gasteiger partial charge on any atom is -0.468 e. The predicted molar refractivity (Wildman–Crippen MR) is 71.7 cm³/mol. The number of carbonyl (C=O) groups is 2. The van der Waals surface area contributed by atoms with Crippen LogP contribution in [0.25, 0.3) is 0 Å². The summed E-state index contributed by atoms with van der Waals surface area (Å²) in [5.41, 5.74) is 0.381. The molecule has 2 rings (SSSR count). The topological polar surface area (TPSA) is 78.2 Å². The van der Waals surface area contributed by atoms with Gasteiger partial charge in [0.25, 0.3) is 0 Å². The van der Waals surface area contributed by atoms with E-state index in [9.17, 15) is 9.59 Å². The number of rotatable bonds is 5. The van der Waals surface area contributed by atoms with E-state index in [0.29, 0.717) is 37.6 Å². The first-order valence-corrected chi connectivity index (χ1v) is 6.80. The molecule has 1 unspecified atom stereocenters. The van der Waals surface area contributed by atoms with Gasteiger partial charge in [0.05, 0.1) is 39.7 Å². The Bertz CT molecular complexity index is 497. The third-order valence-corrected chi connectivity index (χ3v) is 3.30. The maximum atomic E-state index is 11.8. The fourth-order valence-electron chi connectivity index (χ4n) is 2.22.